The van der Waals surface area contributed by atoms with Crippen LogP contribution in [-0.4, -0.2) is 13.1 Å². The fourth-order valence-corrected chi connectivity index (χ4v) is 3.98. The van der Waals surface area contributed by atoms with Crippen molar-refractivity contribution in [3.8, 4) is 22.5 Å². The van der Waals surface area contributed by atoms with E-state index in [2.05, 4.69) is 30.9 Å². The zero-order chi connectivity index (χ0) is 18.1. The maximum absolute atomic E-state index is 13.1. The quantitative estimate of drug-likeness (QED) is 0.673. The molecule has 0 unspecified atom stereocenters. The first-order chi connectivity index (χ1) is 12.7. The molecule has 0 bridgehead atoms. The van der Waals surface area contributed by atoms with Crippen molar-refractivity contribution in [2.24, 2.45) is 0 Å². The Morgan fingerprint density at radius 1 is 0.923 bits per heavy atom. The Morgan fingerprint density at radius 2 is 1.62 bits per heavy atom. The van der Waals surface area contributed by atoms with E-state index in [9.17, 15) is 4.79 Å². The lowest BCUT2D eigenvalue weighted by atomic mass is 9.87. The molecule has 2 aromatic carbocycles. The number of anilines is 1. The van der Waals surface area contributed by atoms with Crippen LogP contribution in [0.15, 0.2) is 63.8 Å². The summed E-state index contributed by atoms with van der Waals surface area (Å²) in [5.74, 6) is 0.749. The van der Waals surface area contributed by atoms with Gasteiger partial charge in [-0.15, -0.1) is 0 Å². The largest absolute Gasteiger partial charge is 0.422 e. The van der Waals surface area contributed by atoms with E-state index in [-0.39, 0.29) is 5.63 Å². The van der Waals surface area contributed by atoms with E-state index in [1.54, 1.807) is 0 Å². The monoisotopic (exact) mass is 345 g/mol. The van der Waals surface area contributed by atoms with E-state index in [1.165, 1.54) is 5.56 Å². The molecule has 0 saturated carbocycles. The minimum absolute atomic E-state index is 0.256. The zero-order valence-electron chi connectivity index (χ0n) is 15.3. The molecule has 1 aliphatic rings. The van der Waals surface area contributed by atoms with Gasteiger partial charge in [-0.3, -0.25) is 0 Å². The van der Waals surface area contributed by atoms with E-state index >= 15 is 0 Å². The fourth-order valence-electron chi connectivity index (χ4n) is 3.98. The van der Waals surface area contributed by atoms with Gasteiger partial charge in [0.25, 0.3) is 0 Å². The summed E-state index contributed by atoms with van der Waals surface area (Å²) in [6.45, 7) is 5.98. The molecule has 0 N–H and O–H groups in total. The first-order valence-electron chi connectivity index (χ1n) is 9.33. The van der Waals surface area contributed by atoms with E-state index < -0.39 is 0 Å². The van der Waals surface area contributed by atoms with Gasteiger partial charge in [-0.1, -0.05) is 54.6 Å². The van der Waals surface area contributed by atoms with Crippen LogP contribution in [0.25, 0.3) is 22.5 Å². The van der Waals surface area contributed by atoms with E-state index in [4.69, 9.17) is 4.42 Å². The Hall–Kier alpha value is -2.81. The standard InChI is InChI=1S/C23H23NO2/c1-3-24(4-2)21-19-15-14-16-10-8-9-13-18(16)22(19)26-23(25)20(21)17-11-6-5-7-12-17/h5-13H,3-4,14-15H2,1-2H3. The summed E-state index contributed by atoms with van der Waals surface area (Å²) in [5.41, 5.74) is 5.86. The first-order valence-corrected chi connectivity index (χ1v) is 9.33. The predicted octanol–water partition coefficient (Wildman–Crippen LogP) is 4.92. The molecule has 1 heterocycles. The van der Waals surface area contributed by atoms with Gasteiger partial charge in [-0.25, -0.2) is 4.79 Å². The Labute approximate surface area is 153 Å². The van der Waals surface area contributed by atoms with Gasteiger partial charge in [0.05, 0.1) is 11.3 Å². The van der Waals surface area contributed by atoms with Crippen LogP contribution in [0.5, 0.6) is 0 Å². The van der Waals surface area contributed by atoms with Gasteiger partial charge in [-0.2, -0.15) is 0 Å². The Balaban J connectivity index is 2.06. The van der Waals surface area contributed by atoms with Gasteiger partial charge < -0.3 is 9.32 Å². The summed E-state index contributed by atoms with van der Waals surface area (Å²) in [7, 11) is 0. The van der Waals surface area contributed by atoms with E-state index in [0.29, 0.717) is 5.56 Å². The van der Waals surface area contributed by atoms with Crippen LogP contribution in [0, 0.1) is 0 Å². The van der Waals surface area contributed by atoms with Crippen LogP contribution < -0.4 is 10.5 Å². The second-order valence-electron chi connectivity index (χ2n) is 6.62. The summed E-state index contributed by atoms with van der Waals surface area (Å²) < 4.78 is 5.91. The van der Waals surface area contributed by atoms with Crippen molar-refractivity contribution in [3.63, 3.8) is 0 Å². The maximum atomic E-state index is 13.1. The maximum Gasteiger partial charge on any atom is 0.346 e. The molecule has 3 nitrogen and oxygen atoms in total. The van der Waals surface area contributed by atoms with Crippen LogP contribution in [0.2, 0.25) is 0 Å². The third kappa shape index (κ3) is 2.64. The summed E-state index contributed by atoms with van der Waals surface area (Å²) >= 11 is 0. The molecule has 3 heteroatoms. The highest BCUT2D eigenvalue weighted by Gasteiger charge is 2.28. The Bertz CT molecular complexity index is 985. The molecular weight excluding hydrogens is 322 g/mol. The second-order valence-corrected chi connectivity index (χ2v) is 6.62. The molecule has 0 saturated heterocycles. The number of hydrogen-bond acceptors (Lipinski definition) is 3. The van der Waals surface area contributed by atoms with Crippen LogP contribution in [0.3, 0.4) is 0 Å². The van der Waals surface area contributed by atoms with Gasteiger partial charge in [0.1, 0.15) is 5.76 Å². The van der Waals surface area contributed by atoms with Crippen molar-refractivity contribution in [2.75, 3.05) is 18.0 Å². The molecule has 0 atom stereocenters. The number of nitrogens with zero attached hydrogens (tertiary/aromatic N) is 1. The highest BCUT2D eigenvalue weighted by atomic mass is 16.4. The molecule has 0 spiro atoms. The topological polar surface area (TPSA) is 33.5 Å². The average Bonchev–Trinajstić information content (AvgIpc) is 2.69. The van der Waals surface area contributed by atoms with Crippen molar-refractivity contribution >= 4 is 5.69 Å². The zero-order valence-corrected chi connectivity index (χ0v) is 15.3. The van der Waals surface area contributed by atoms with Gasteiger partial charge in [0.2, 0.25) is 0 Å². The highest BCUT2D eigenvalue weighted by Crippen LogP contribution is 2.41. The molecule has 26 heavy (non-hydrogen) atoms. The van der Waals surface area contributed by atoms with E-state index in [1.807, 2.05) is 42.5 Å². The van der Waals surface area contributed by atoms with Crippen molar-refractivity contribution in [3.05, 3.63) is 76.1 Å². The van der Waals surface area contributed by atoms with Gasteiger partial charge in [0, 0.05) is 24.2 Å². The molecule has 1 aromatic heterocycles. The molecule has 3 aromatic rings. The van der Waals surface area contributed by atoms with Crippen LogP contribution in [0.1, 0.15) is 25.0 Å². The molecule has 0 fully saturated rings. The minimum atomic E-state index is -0.256. The third-order valence-corrected chi connectivity index (χ3v) is 5.24. The molecule has 132 valence electrons. The average molecular weight is 345 g/mol. The first kappa shape index (κ1) is 16.6. The van der Waals surface area contributed by atoms with Crippen molar-refractivity contribution < 1.29 is 4.42 Å². The van der Waals surface area contributed by atoms with Gasteiger partial charge in [-0.05, 0) is 37.8 Å². The summed E-state index contributed by atoms with van der Waals surface area (Å²) in [5, 5.41) is 0. The highest BCUT2D eigenvalue weighted by molar-refractivity contribution is 5.85. The summed E-state index contributed by atoms with van der Waals surface area (Å²) in [6, 6.07) is 18.1. The SMILES string of the molecule is CCN(CC)c1c2c(oc(=O)c1-c1ccccc1)-c1ccccc1CC2. The summed E-state index contributed by atoms with van der Waals surface area (Å²) in [6.07, 6.45) is 1.86. The Morgan fingerprint density at radius 3 is 2.35 bits per heavy atom. The lowest BCUT2D eigenvalue weighted by molar-refractivity contribution is 0.517. The van der Waals surface area contributed by atoms with Gasteiger partial charge in [0.15, 0.2) is 0 Å². The normalized spacial score (nSPS) is 12.4. The molecule has 4 rings (SSSR count). The number of fused-ring (bicyclic) bond motifs is 3. The number of aryl methyl sites for hydroxylation is 1. The molecule has 0 radical (unpaired) electrons. The fraction of sp³-hybridized carbons (Fsp3) is 0.261. The van der Waals surface area contributed by atoms with Crippen LogP contribution in [-0.2, 0) is 12.8 Å². The second kappa shape index (κ2) is 6.83. The van der Waals surface area contributed by atoms with Gasteiger partial charge >= 0.3 is 5.63 Å². The molecule has 1 aliphatic carbocycles. The van der Waals surface area contributed by atoms with E-state index in [0.717, 1.165) is 54.1 Å². The molecular formula is C23H23NO2. The van der Waals surface area contributed by atoms with Crippen molar-refractivity contribution in [1.82, 2.24) is 0 Å². The third-order valence-electron chi connectivity index (χ3n) is 5.24. The van der Waals surface area contributed by atoms with Crippen molar-refractivity contribution in [1.29, 1.82) is 0 Å². The van der Waals surface area contributed by atoms with Crippen LogP contribution >= 0.6 is 0 Å². The predicted molar refractivity (Wildman–Crippen MR) is 107 cm³/mol. The van der Waals surface area contributed by atoms with Crippen molar-refractivity contribution in [2.45, 2.75) is 26.7 Å². The number of benzene rings is 2. The smallest absolute Gasteiger partial charge is 0.346 e. The molecule has 0 aliphatic heterocycles. The number of rotatable bonds is 4. The van der Waals surface area contributed by atoms with Crippen LogP contribution in [0.4, 0.5) is 5.69 Å². The number of hydrogen-bond donors (Lipinski definition) is 0. The lowest BCUT2D eigenvalue weighted by Crippen LogP contribution is -2.27. The minimum Gasteiger partial charge on any atom is -0.422 e. The lowest BCUT2D eigenvalue weighted by Gasteiger charge is -2.29. The summed E-state index contributed by atoms with van der Waals surface area (Å²) in [4.78, 5) is 15.3. The molecule has 0 amide bonds. The Kier molecular flexibility index (Phi) is 4.37.